The molecule has 7 rings (SSSR count). The molecular weight excluding hydrogens is 468 g/mol. The maximum absolute atomic E-state index is 8.83. The molecule has 0 saturated carbocycles. The highest BCUT2D eigenvalue weighted by atomic mass is 79.9. The van der Waals surface area contributed by atoms with Crippen LogP contribution in [0.3, 0.4) is 0 Å². The van der Waals surface area contributed by atoms with Crippen LogP contribution in [0.2, 0.25) is 0 Å². The van der Waals surface area contributed by atoms with E-state index in [1.807, 2.05) is 47.0 Å². The normalized spacial score (nSPS) is 13.5. The molecule has 7 aromatic rings. The van der Waals surface area contributed by atoms with E-state index in [9.17, 15) is 0 Å². The fourth-order valence-electron chi connectivity index (χ4n) is 5.02. The summed E-state index contributed by atoms with van der Waals surface area (Å²) in [5.74, 6) is 0. The molecule has 0 saturated heterocycles. The Morgan fingerprint density at radius 3 is 2.09 bits per heavy atom. The summed E-state index contributed by atoms with van der Waals surface area (Å²) < 4.78 is 38.6. The van der Waals surface area contributed by atoms with E-state index in [2.05, 4.69) is 69.0 Å². The molecule has 0 aliphatic heterocycles. The number of benzene rings is 5. The van der Waals surface area contributed by atoms with Crippen molar-refractivity contribution < 1.29 is 5.48 Å². The van der Waals surface area contributed by atoms with Crippen LogP contribution in [0.15, 0.2) is 120 Å². The highest BCUT2D eigenvalue weighted by molar-refractivity contribution is 9.10. The zero-order valence-electron chi connectivity index (χ0n) is 21.4. The first-order chi connectivity index (χ1) is 18.0. The molecule has 0 radical (unpaired) electrons. The zero-order chi connectivity index (χ0) is 25.4. The predicted octanol–water partition coefficient (Wildman–Crippen LogP) is 8.64. The number of rotatable bonds is 2. The monoisotopic (exact) mass is 490 g/mol. The number of hydrogen-bond acceptors (Lipinski definition) is 0. The van der Waals surface area contributed by atoms with E-state index in [1.54, 1.807) is 0 Å². The third-order valence-corrected chi connectivity index (χ3v) is 6.69. The van der Waals surface area contributed by atoms with Crippen LogP contribution in [0.25, 0.3) is 55.0 Å². The summed E-state index contributed by atoms with van der Waals surface area (Å²) in [6.45, 7) is 0. The molecule has 0 atom stereocenters. The quantitative estimate of drug-likeness (QED) is 0.229. The van der Waals surface area contributed by atoms with Gasteiger partial charge < -0.3 is 9.13 Å². The molecule has 156 valence electrons. The number of halogens is 1. The number of para-hydroxylation sites is 3. The molecule has 5 aromatic carbocycles. The second-order valence-electron chi connectivity index (χ2n) is 8.06. The van der Waals surface area contributed by atoms with Gasteiger partial charge in [0, 0.05) is 37.4 Å². The lowest BCUT2D eigenvalue weighted by atomic mass is 10.1. The van der Waals surface area contributed by atoms with E-state index in [0.29, 0.717) is 5.69 Å². The molecule has 0 aliphatic carbocycles. The van der Waals surface area contributed by atoms with Gasteiger partial charge in [0.2, 0.25) is 0 Å². The second kappa shape index (κ2) is 7.09. The van der Waals surface area contributed by atoms with Gasteiger partial charge in [-0.2, -0.15) is 0 Å². The Morgan fingerprint density at radius 1 is 0.576 bits per heavy atom. The van der Waals surface area contributed by atoms with E-state index in [-0.39, 0.29) is 28.6 Å². The molecule has 0 unspecified atom stereocenters. The molecule has 0 aliphatic rings. The molecule has 0 N–H and O–H groups in total. The highest BCUT2D eigenvalue weighted by Gasteiger charge is 2.20. The molecule has 0 fully saturated rings. The zero-order valence-corrected chi connectivity index (χ0v) is 19.0. The van der Waals surface area contributed by atoms with Crippen LogP contribution in [0.5, 0.6) is 0 Å². The van der Waals surface area contributed by atoms with Crippen molar-refractivity contribution in [1.82, 2.24) is 9.13 Å². The minimum Gasteiger partial charge on any atom is -0.309 e. The summed E-state index contributed by atoms with van der Waals surface area (Å²) in [6.07, 6.45) is 0. The van der Waals surface area contributed by atoms with Crippen LogP contribution in [0.4, 0.5) is 0 Å². The summed E-state index contributed by atoms with van der Waals surface area (Å²) in [6, 6.07) is 30.4. The predicted molar refractivity (Wildman–Crippen MR) is 143 cm³/mol. The first-order valence-corrected chi connectivity index (χ1v) is 11.5. The van der Waals surface area contributed by atoms with Crippen molar-refractivity contribution in [2.24, 2.45) is 0 Å². The van der Waals surface area contributed by atoms with Gasteiger partial charge in [0.1, 0.15) is 0 Å². The Balaban J connectivity index is 1.76. The molecule has 33 heavy (non-hydrogen) atoms. The third-order valence-electron chi connectivity index (χ3n) is 6.29. The molecular formula is C30H19BrN2. The van der Waals surface area contributed by atoms with Crippen molar-refractivity contribution in [3.05, 3.63) is 120 Å². The lowest BCUT2D eigenvalue weighted by Crippen LogP contribution is -1.95. The Labute approximate surface area is 205 Å². The summed E-state index contributed by atoms with van der Waals surface area (Å²) in [4.78, 5) is 0. The van der Waals surface area contributed by atoms with Crippen molar-refractivity contribution >= 4 is 59.5 Å². The van der Waals surface area contributed by atoms with Gasteiger partial charge in [-0.1, -0.05) is 82.6 Å². The molecule has 2 aromatic heterocycles. The molecule has 3 heteroatoms. The average Bonchev–Trinajstić information content (AvgIpc) is 3.45. The van der Waals surface area contributed by atoms with E-state index in [1.165, 1.54) is 0 Å². The van der Waals surface area contributed by atoms with Crippen LogP contribution in [0, 0.1) is 0 Å². The molecule has 0 amide bonds. The van der Waals surface area contributed by atoms with E-state index in [0.717, 1.165) is 49.3 Å². The summed E-state index contributed by atoms with van der Waals surface area (Å²) in [7, 11) is 0. The lowest BCUT2D eigenvalue weighted by Gasteiger charge is -2.10. The minimum absolute atomic E-state index is 0.0253. The van der Waals surface area contributed by atoms with E-state index >= 15 is 0 Å². The smallest absolute Gasteiger partial charge is 0.0657 e. The number of aromatic nitrogens is 2. The largest absolute Gasteiger partial charge is 0.309 e. The van der Waals surface area contributed by atoms with Crippen LogP contribution in [-0.2, 0) is 0 Å². The fraction of sp³-hybridized carbons (Fsp3) is 0. The van der Waals surface area contributed by atoms with Gasteiger partial charge in [-0.25, -0.2) is 0 Å². The average molecular weight is 491 g/mol. The minimum atomic E-state index is -0.205. The fourth-order valence-corrected chi connectivity index (χ4v) is 5.31. The van der Waals surface area contributed by atoms with E-state index < -0.39 is 0 Å². The van der Waals surface area contributed by atoms with Crippen molar-refractivity contribution in [3.63, 3.8) is 0 Å². The van der Waals surface area contributed by atoms with Gasteiger partial charge in [-0.3, -0.25) is 0 Å². The van der Waals surface area contributed by atoms with Gasteiger partial charge in [-0.05, 0) is 48.5 Å². The van der Waals surface area contributed by atoms with Gasteiger partial charge in [0.05, 0.1) is 27.5 Å². The standard InChI is InChI=1S/C30H19BrN2/c31-20-9-8-12-22(19-20)32-27-16-7-5-14-25(27)29-28(32)18-17-24-23-13-4-6-15-26(23)33(30(24)29)21-10-2-1-3-11-21/h1-19H/i8D,9D,12D,19D. The first kappa shape index (κ1) is 15.1. The molecule has 0 spiro atoms. The second-order valence-corrected chi connectivity index (χ2v) is 8.85. The van der Waals surface area contributed by atoms with Crippen molar-refractivity contribution in [2.45, 2.75) is 0 Å². The maximum Gasteiger partial charge on any atom is 0.0657 e. The Kier molecular flexibility index (Phi) is 3.24. The number of nitrogens with zero attached hydrogens (tertiary/aromatic N) is 2. The first-order valence-electron chi connectivity index (χ1n) is 12.8. The highest BCUT2D eigenvalue weighted by Crippen LogP contribution is 2.41. The van der Waals surface area contributed by atoms with Gasteiger partial charge in [0.15, 0.2) is 0 Å². The Morgan fingerprint density at radius 2 is 1.27 bits per heavy atom. The Bertz CT molecular complexity index is 2010. The third kappa shape index (κ3) is 2.66. The molecule has 2 heterocycles. The van der Waals surface area contributed by atoms with Crippen molar-refractivity contribution in [3.8, 4) is 11.4 Å². The summed E-state index contributed by atoms with van der Waals surface area (Å²) in [5, 5.41) is 4.29. The summed E-state index contributed by atoms with van der Waals surface area (Å²) >= 11 is 3.34. The van der Waals surface area contributed by atoms with Crippen LogP contribution < -0.4 is 0 Å². The number of fused-ring (bicyclic) bond motifs is 7. The van der Waals surface area contributed by atoms with Gasteiger partial charge >= 0.3 is 0 Å². The SMILES string of the molecule is [2H]c1c([2H])c(Br)c([2H])c(-n2c3ccccc3c3c2ccc2c4ccccc4n(-c4ccccc4)c23)c1[2H]. The lowest BCUT2D eigenvalue weighted by molar-refractivity contribution is 1.17. The van der Waals surface area contributed by atoms with Crippen LogP contribution in [0.1, 0.15) is 5.48 Å². The van der Waals surface area contributed by atoms with Gasteiger partial charge in [-0.15, -0.1) is 0 Å². The van der Waals surface area contributed by atoms with Crippen LogP contribution in [-0.4, -0.2) is 9.13 Å². The maximum atomic E-state index is 8.83. The van der Waals surface area contributed by atoms with E-state index in [4.69, 9.17) is 5.48 Å². The summed E-state index contributed by atoms with van der Waals surface area (Å²) in [5.41, 5.74) is 5.20. The van der Waals surface area contributed by atoms with Crippen molar-refractivity contribution in [1.29, 1.82) is 0 Å². The molecule has 0 bridgehead atoms. The number of hydrogen-bond donors (Lipinski definition) is 0. The van der Waals surface area contributed by atoms with Crippen molar-refractivity contribution in [2.75, 3.05) is 0 Å². The molecule has 2 nitrogen and oxygen atoms in total. The van der Waals surface area contributed by atoms with Crippen LogP contribution >= 0.6 is 15.9 Å². The van der Waals surface area contributed by atoms with Gasteiger partial charge in [0.25, 0.3) is 0 Å². The Hall–Kier alpha value is -3.82. The topological polar surface area (TPSA) is 9.86 Å².